The minimum Gasteiger partial charge on any atom is -0.343 e. The lowest BCUT2D eigenvalue weighted by Gasteiger charge is -2.33. The minimum absolute atomic E-state index is 0.290. The molecular formula is C23H33N5O4S. The quantitative estimate of drug-likeness (QED) is 0.187. The van der Waals surface area contributed by atoms with E-state index in [2.05, 4.69) is 33.0 Å². The normalized spacial score (nSPS) is 14.1. The van der Waals surface area contributed by atoms with Crippen LogP contribution in [0.4, 0.5) is 5.13 Å². The third-order valence-electron chi connectivity index (χ3n) is 5.52. The molecule has 9 nitrogen and oxygen atoms in total. The van der Waals surface area contributed by atoms with Gasteiger partial charge in [0.1, 0.15) is 11.6 Å². The fraction of sp³-hybridized carbons (Fsp3) is 0.522. The molecule has 0 saturated heterocycles. The van der Waals surface area contributed by atoms with Crippen molar-refractivity contribution in [1.29, 1.82) is 0 Å². The standard InChI is InChI=1S/C23H33N5O4S/c1-16(28(32)15-29)18(13-9-8-12-17-10-6-5-7-11-17)20(30)25-19(23(2,3)4)21(31)26-22-27-24-14-33-22/h5-7,10-11,14-16,18-19,32H,8-9,12-13H2,1-4H3,(H,25,30)(H,26,27,31)/t16-,18+,19+/m0/s1. The van der Waals surface area contributed by atoms with Crippen molar-refractivity contribution in [2.75, 3.05) is 5.32 Å². The Morgan fingerprint density at radius 3 is 2.45 bits per heavy atom. The zero-order valence-electron chi connectivity index (χ0n) is 19.5. The fourth-order valence-corrected chi connectivity index (χ4v) is 3.99. The van der Waals surface area contributed by atoms with Gasteiger partial charge in [-0.15, -0.1) is 10.2 Å². The average molecular weight is 476 g/mol. The largest absolute Gasteiger partial charge is 0.343 e. The van der Waals surface area contributed by atoms with Crippen molar-refractivity contribution in [1.82, 2.24) is 20.6 Å². The number of nitrogens with one attached hydrogen (secondary N) is 2. The molecule has 0 aliphatic carbocycles. The van der Waals surface area contributed by atoms with Crippen LogP contribution < -0.4 is 10.6 Å². The Kier molecular flexibility index (Phi) is 9.93. The Morgan fingerprint density at radius 2 is 1.88 bits per heavy atom. The second-order valence-electron chi connectivity index (χ2n) is 9.10. The summed E-state index contributed by atoms with van der Waals surface area (Å²) in [6.07, 6.45) is 3.20. The number of benzene rings is 1. The van der Waals surface area contributed by atoms with Crippen LogP contribution in [0.3, 0.4) is 0 Å². The molecule has 0 aliphatic heterocycles. The fourth-order valence-electron chi connectivity index (χ4n) is 3.54. The monoisotopic (exact) mass is 475 g/mol. The highest BCUT2D eigenvalue weighted by atomic mass is 32.1. The Labute approximate surface area is 198 Å². The summed E-state index contributed by atoms with van der Waals surface area (Å²) in [6.45, 7) is 7.16. The van der Waals surface area contributed by atoms with Gasteiger partial charge in [0, 0.05) is 0 Å². The van der Waals surface area contributed by atoms with Gasteiger partial charge in [0.15, 0.2) is 0 Å². The molecule has 33 heavy (non-hydrogen) atoms. The van der Waals surface area contributed by atoms with E-state index in [1.807, 2.05) is 39.0 Å². The number of hydrogen-bond donors (Lipinski definition) is 3. The second kappa shape index (κ2) is 12.4. The highest BCUT2D eigenvalue weighted by molar-refractivity contribution is 7.13. The third-order valence-corrected chi connectivity index (χ3v) is 6.13. The molecule has 0 fully saturated rings. The van der Waals surface area contributed by atoms with Gasteiger partial charge in [0.2, 0.25) is 23.4 Å². The first-order valence-electron chi connectivity index (χ1n) is 11.0. The number of carbonyl (C=O) groups excluding carboxylic acids is 3. The van der Waals surface area contributed by atoms with E-state index in [0.29, 0.717) is 23.0 Å². The van der Waals surface area contributed by atoms with Crippen molar-refractivity contribution in [2.45, 2.75) is 65.5 Å². The molecule has 0 spiro atoms. The van der Waals surface area contributed by atoms with E-state index in [9.17, 15) is 19.6 Å². The van der Waals surface area contributed by atoms with Crippen molar-refractivity contribution in [3.05, 3.63) is 41.4 Å². The average Bonchev–Trinajstić information content (AvgIpc) is 3.29. The molecule has 10 heteroatoms. The summed E-state index contributed by atoms with van der Waals surface area (Å²) in [7, 11) is 0. The maximum atomic E-state index is 13.3. The summed E-state index contributed by atoms with van der Waals surface area (Å²) in [4.78, 5) is 37.3. The van der Waals surface area contributed by atoms with Crippen molar-refractivity contribution in [2.24, 2.45) is 11.3 Å². The minimum atomic E-state index is -0.851. The van der Waals surface area contributed by atoms with Crippen molar-refractivity contribution in [3.63, 3.8) is 0 Å². The summed E-state index contributed by atoms with van der Waals surface area (Å²) in [5, 5.41) is 23.8. The van der Waals surface area contributed by atoms with Crippen LogP contribution in [0.5, 0.6) is 0 Å². The Bertz CT molecular complexity index is 886. The summed E-state index contributed by atoms with van der Waals surface area (Å²) < 4.78 is 0. The van der Waals surface area contributed by atoms with Crippen LogP contribution in [0.25, 0.3) is 0 Å². The number of anilines is 1. The molecule has 0 unspecified atom stereocenters. The summed E-state index contributed by atoms with van der Waals surface area (Å²) in [5.74, 6) is -1.48. The van der Waals surface area contributed by atoms with Gasteiger partial charge in [0.05, 0.1) is 12.0 Å². The molecule has 0 bridgehead atoms. The van der Waals surface area contributed by atoms with E-state index in [-0.39, 0.29) is 0 Å². The number of nitrogens with zero attached hydrogens (tertiary/aromatic N) is 3. The van der Waals surface area contributed by atoms with Gasteiger partial charge in [-0.05, 0) is 37.2 Å². The van der Waals surface area contributed by atoms with Crippen LogP contribution in [0, 0.1) is 11.3 Å². The maximum absolute atomic E-state index is 13.3. The molecule has 180 valence electrons. The van der Waals surface area contributed by atoms with E-state index >= 15 is 0 Å². The lowest BCUT2D eigenvalue weighted by molar-refractivity contribution is -0.166. The molecule has 3 atom stereocenters. The number of aromatic nitrogens is 2. The topological polar surface area (TPSA) is 125 Å². The lowest BCUT2D eigenvalue weighted by atomic mass is 9.85. The number of aryl methyl sites for hydroxylation is 1. The first-order valence-corrected chi connectivity index (χ1v) is 11.8. The molecule has 3 amide bonds. The van der Waals surface area contributed by atoms with Crippen LogP contribution in [-0.2, 0) is 20.8 Å². The number of carbonyl (C=O) groups is 3. The Balaban J connectivity index is 2.08. The summed E-state index contributed by atoms with van der Waals surface area (Å²) >= 11 is 1.18. The van der Waals surface area contributed by atoms with E-state index in [1.165, 1.54) is 22.4 Å². The molecule has 1 aromatic carbocycles. The molecule has 2 rings (SSSR count). The predicted octanol–water partition coefficient (Wildman–Crippen LogP) is 3.27. The Hall–Kier alpha value is -2.85. The molecule has 1 aromatic heterocycles. The van der Waals surface area contributed by atoms with E-state index in [0.717, 1.165) is 19.3 Å². The first kappa shape index (κ1) is 26.4. The molecular weight excluding hydrogens is 442 g/mol. The van der Waals surface area contributed by atoms with Crippen molar-refractivity contribution < 1.29 is 19.6 Å². The number of amides is 3. The molecule has 0 saturated carbocycles. The number of hydrogen-bond acceptors (Lipinski definition) is 7. The number of hydroxylamine groups is 2. The zero-order valence-corrected chi connectivity index (χ0v) is 20.3. The third kappa shape index (κ3) is 8.21. The van der Waals surface area contributed by atoms with Gasteiger partial charge < -0.3 is 5.32 Å². The van der Waals surface area contributed by atoms with Crippen molar-refractivity contribution >= 4 is 34.7 Å². The van der Waals surface area contributed by atoms with Crippen LogP contribution >= 0.6 is 11.3 Å². The smallest absolute Gasteiger partial charge is 0.249 e. The van der Waals surface area contributed by atoms with Crippen LogP contribution in [0.1, 0.15) is 52.5 Å². The van der Waals surface area contributed by atoms with Gasteiger partial charge in [-0.25, -0.2) is 5.06 Å². The number of rotatable bonds is 12. The van der Waals surface area contributed by atoms with Crippen LogP contribution in [-0.4, -0.2) is 50.8 Å². The predicted molar refractivity (Wildman–Crippen MR) is 127 cm³/mol. The highest BCUT2D eigenvalue weighted by Gasteiger charge is 2.37. The van der Waals surface area contributed by atoms with Gasteiger partial charge in [-0.2, -0.15) is 0 Å². The lowest BCUT2D eigenvalue weighted by Crippen LogP contribution is -2.55. The number of unbranched alkanes of at least 4 members (excludes halogenated alkanes) is 1. The molecule has 2 aromatic rings. The summed E-state index contributed by atoms with van der Waals surface area (Å²) in [6, 6.07) is 8.45. The molecule has 0 radical (unpaired) electrons. The van der Waals surface area contributed by atoms with Crippen LogP contribution in [0.2, 0.25) is 0 Å². The SMILES string of the molecule is C[C@@H]([C@@H](CCCCc1ccccc1)C(=O)N[C@H](C(=O)Nc1nncs1)C(C)(C)C)N(O)C=O. The van der Waals surface area contributed by atoms with Crippen LogP contribution in [0.15, 0.2) is 35.8 Å². The van der Waals surface area contributed by atoms with E-state index in [4.69, 9.17) is 0 Å². The first-order chi connectivity index (χ1) is 15.6. The van der Waals surface area contributed by atoms with Gasteiger partial charge in [-0.3, -0.25) is 24.9 Å². The van der Waals surface area contributed by atoms with E-state index < -0.39 is 35.2 Å². The highest BCUT2D eigenvalue weighted by Crippen LogP contribution is 2.24. The van der Waals surface area contributed by atoms with Gasteiger partial charge >= 0.3 is 0 Å². The van der Waals surface area contributed by atoms with E-state index in [1.54, 1.807) is 6.92 Å². The second-order valence-corrected chi connectivity index (χ2v) is 9.94. The zero-order chi connectivity index (χ0) is 24.4. The van der Waals surface area contributed by atoms with Gasteiger partial charge in [0.25, 0.3) is 0 Å². The molecule has 3 N–H and O–H groups in total. The molecule has 0 aliphatic rings. The van der Waals surface area contributed by atoms with Gasteiger partial charge in [-0.1, -0.05) is 68.9 Å². The maximum Gasteiger partial charge on any atom is 0.249 e. The summed E-state index contributed by atoms with van der Waals surface area (Å²) in [5.41, 5.74) is 2.13. The van der Waals surface area contributed by atoms with Crippen molar-refractivity contribution in [3.8, 4) is 0 Å². The molecule has 1 heterocycles. The Morgan fingerprint density at radius 1 is 1.18 bits per heavy atom.